The third kappa shape index (κ3) is 6.81. The second-order valence-corrected chi connectivity index (χ2v) is 6.84. The van der Waals surface area contributed by atoms with Crippen molar-refractivity contribution in [3.05, 3.63) is 53.1 Å². The molecule has 0 radical (unpaired) electrons. The molecule has 0 spiro atoms. The van der Waals surface area contributed by atoms with E-state index >= 15 is 0 Å². The number of nitrogens with one attached hydrogen (secondary N) is 1. The minimum atomic E-state index is 0.112. The molecule has 0 bridgehead atoms. The Morgan fingerprint density at radius 3 is 2.72 bits per heavy atom. The summed E-state index contributed by atoms with van der Waals surface area (Å²) < 4.78 is 11.2. The minimum Gasteiger partial charge on any atom is -0.493 e. The number of hydrazone groups is 1. The van der Waals surface area contributed by atoms with E-state index in [1.165, 1.54) is 0 Å². The fraction of sp³-hybridized carbons (Fsp3) is 0.176. The van der Waals surface area contributed by atoms with Gasteiger partial charge in [0.25, 0.3) is 0 Å². The summed E-state index contributed by atoms with van der Waals surface area (Å²) in [4.78, 5) is 1.15. The number of thioether (sulfide) groups is 1. The molecule has 3 N–H and O–H groups in total. The maximum absolute atomic E-state index is 5.87. The van der Waals surface area contributed by atoms with Gasteiger partial charge in [-0.05, 0) is 60.2 Å². The van der Waals surface area contributed by atoms with E-state index < -0.39 is 0 Å². The van der Waals surface area contributed by atoms with Gasteiger partial charge in [-0.2, -0.15) is 5.10 Å². The zero-order chi connectivity index (χ0) is 18.1. The van der Waals surface area contributed by atoms with Crippen LogP contribution in [0.2, 0.25) is 5.02 Å². The van der Waals surface area contributed by atoms with Crippen LogP contribution in [0.4, 0.5) is 0 Å². The first-order valence-corrected chi connectivity index (χ1v) is 9.13. The minimum absolute atomic E-state index is 0.112. The average molecular weight is 396 g/mol. The Labute approximate surface area is 161 Å². The van der Waals surface area contributed by atoms with E-state index in [9.17, 15) is 0 Å². The second-order valence-electron chi connectivity index (χ2n) is 4.80. The van der Waals surface area contributed by atoms with E-state index in [1.54, 1.807) is 25.1 Å². The Bertz CT molecular complexity index is 739. The average Bonchev–Trinajstić information content (AvgIpc) is 2.60. The Morgan fingerprint density at radius 1 is 1.28 bits per heavy atom. The van der Waals surface area contributed by atoms with Crippen LogP contribution >= 0.6 is 35.6 Å². The Kier molecular flexibility index (Phi) is 7.84. The number of ether oxygens (including phenoxy) is 2. The number of nitrogens with two attached hydrogens (primary N) is 1. The van der Waals surface area contributed by atoms with E-state index in [-0.39, 0.29) is 5.11 Å². The number of hydrogen-bond donors (Lipinski definition) is 2. The van der Waals surface area contributed by atoms with Crippen molar-refractivity contribution in [3.8, 4) is 11.5 Å². The highest BCUT2D eigenvalue weighted by molar-refractivity contribution is 7.99. The first-order valence-electron chi connectivity index (χ1n) is 7.36. The first kappa shape index (κ1) is 19.4. The Hall–Kier alpha value is -1.96. The molecule has 2 aromatic rings. The van der Waals surface area contributed by atoms with Gasteiger partial charge in [-0.1, -0.05) is 11.6 Å². The molecule has 0 amide bonds. The molecule has 25 heavy (non-hydrogen) atoms. The molecule has 0 atom stereocenters. The van der Waals surface area contributed by atoms with Gasteiger partial charge in [0, 0.05) is 15.7 Å². The monoisotopic (exact) mass is 395 g/mol. The summed E-state index contributed by atoms with van der Waals surface area (Å²) >= 11 is 12.3. The maximum Gasteiger partial charge on any atom is 0.184 e. The van der Waals surface area contributed by atoms with Gasteiger partial charge in [0.05, 0.1) is 19.9 Å². The molecule has 0 saturated carbocycles. The van der Waals surface area contributed by atoms with Gasteiger partial charge in [0.1, 0.15) is 0 Å². The lowest BCUT2D eigenvalue weighted by molar-refractivity contribution is 0.313. The molecule has 0 fully saturated rings. The summed E-state index contributed by atoms with van der Waals surface area (Å²) in [7, 11) is 1.60. The second kappa shape index (κ2) is 10.1. The van der Waals surface area contributed by atoms with Gasteiger partial charge in [-0.15, -0.1) is 11.8 Å². The lowest BCUT2D eigenvalue weighted by atomic mass is 10.2. The lowest BCUT2D eigenvalue weighted by Gasteiger charge is -2.11. The van der Waals surface area contributed by atoms with E-state index in [4.69, 9.17) is 26.8 Å². The van der Waals surface area contributed by atoms with Gasteiger partial charge in [0.15, 0.2) is 16.6 Å². The number of halogens is 1. The van der Waals surface area contributed by atoms with E-state index in [0.717, 1.165) is 21.2 Å². The lowest BCUT2D eigenvalue weighted by Crippen LogP contribution is -2.23. The van der Waals surface area contributed by atoms with Gasteiger partial charge >= 0.3 is 0 Å². The van der Waals surface area contributed by atoms with Crippen LogP contribution in [0.15, 0.2) is 52.5 Å². The first-order chi connectivity index (χ1) is 12.1. The number of rotatable bonds is 8. The van der Waals surface area contributed by atoms with Crippen molar-refractivity contribution in [3.63, 3.8) is 0 Å². The van der Waals surface area contributed by atoms with Crippen molar-refractivity contribution in [1.29, 1.82) is 0 Å². The standard InChI is InChI=1S/C17H18ClN3O2S2/c1-22-16-10-12(11-20-21-17(19)24)2-7-15(16)23-8-9-25-14-5-3-13(18)4-6-14/h2-7,10-11H,8-9H2,1H3,(H3,19,21,24). The number of benzene rings is 2. The molecule has 132 valence electrons. The number of nitrogens with zero attached hydrogens (tertiary/aromatic N) is 1. The van der Waals surface area contributed by atoms with Crippen LogP contribution in [0.25, 0.3) is 0 Å². The largest absolute Gasteiger partial charge is 0.493 e. The normalized spacial score (nSPS) is 10.6. The quantitative estimate of drug-likeness (QED) is 0.233. The molecule has 2 rings (SSSR count). The predicted octanol–water partition coefficient (Wildman–Crippen LogP) is 3.69. The summed E-state index contributed by atoms with van der Waals surface area (Å²) in [5.41, 5.74) is 8.65. The van der Waals surface area contributed by atoms with Crippen LogP contribution in [0.1, 0.15) is 5.56 Å². The molecule has 0 aliphatic carbocycles. The molecular formula is C17H18ClN3O2S2. The number of thiocarbonyl (C=S) groups is 1. The van der Waals surface area contributed by atoms with Crippen LogP contribution in [0, 0.1) is 0 Å². The molecule has 0 heterocycles. The maximum atomic E-state index is 5.87. The van der Waals surface area contributed by atoms with Crippen LogP contribution in [0.5, 0.6) is 11.5 Å². The molecular weight excluding hydrogens is 378 g/mol. The molecule has 8 heteroatoms. The number of hydrogen-bond acceptors (Lipinski definition) is 5. The molecule has 0 aliphatic heterocycles. The highest BCUT2D eigenvalue weighted by Crippen LogP contribution is 2.28. The van der Waals surface area contributed by atoms with E-state index in [0.29, 0.717) is 18.1 Å². The van der Waals surface area contributed by atoms with Crippen molar-refractivity contribution in [2.45, 2.75) is 4.90 Å². The predicted molar refractivity (Wildman–Crippen MR) is 108 cm³/mol. The van der Waals surface area contributed by atoms with E-state index in [2.05, 4.69) is 22.7 Å². The fourth-order valence-corrected chi connectivity index (χ4v) is 2.81. The fourth-order valence-electron chi connectivity index (χ4n) is 1.90. The molecule has 0 aromatic heterocycles. The molecule has 0 aliphatic rings. The van der Waals surface area contributed by atoms with Gasteiger partial charge < -0.3 is 15.2 Å². The zero-order valence-corrected chi connectivity index (χ0v) is 16.0. The number of methoxy groups -OCH3 is 1. The van der Waals surface area contributed by atoms with Crippen molar-refractivity contribution in [2.24, 2.45) is 10.8 Å². The smallest absolute Gasteiger partial charge is 0.184 e. The molecule has 2 aromatic carbocycles. The van der Waals surface area contributed by atoms with Crippen LogP contribution in [0.3, 0.4) is 0 Å². The zero-order valence-electron chi connectivity index (χ0n) is 13.6. The molecule has 5 nitrogen and oxygen atoms in total. The van der Waals surface area contributed by atoms with Crippen molar-refractivity contribution in [2.75, 3.05) is 19.5 Å². The Morgan fingerprint density at radius 2 is 2.04 bits per heavy atom. The van der Waals surface area contributed by atoms with E-state index in [1.807, 2.05) is 42.5 Å². The van der Waals surface area contributed by atoms with Gasteiger partial charge in [-0.25, -0.2) is 0 Å². The third-order valence-corrected chi connectivity index (χ3v) is 4.32. The summed E-state index contributed by atoms with van der Waals surface area (Å²) in [6.07, 6.45) is 1.60. The summed E-state index contributed by atoms with van der Waals surface area (Å²) in [6.45, 7) is 0.556. The highest BCUT2D eigenvalue weighted by Gasteiger charge is 2.05. The Balaban J connectivity index is 1.87. The van der Waals surface area contributed by atoms with Crippen LogP contribution in [-0.2, 0) is 0 Å². The van der Waals surface area contributed by atoms with Gasteiger partial charge in [-0.3, -0.25) is 5.43 Å². The van der Waals surface area contributed by atoms with Crippen LogP contribution in [-0.4, -0.2) is 30.8 Å². The van der Waals surface area contributed by atoms with Crippen molar-refractivity contribution in [1.82, 2.24) is 5.43 Å². The topological polar surface area (TPSA) is 68.9 Å². The summed E-state index contributed by atoms with van der Waals surface area (Å²) in [6, 6.07) is 13.3. The summed E-state index contributed by atoms with van der Waals surface area (Å²) in [5.74, 6) is 2.13. The van der Waals surface area contributed by atoms with Crippen molar-refractivity contribution >= 4 is 46.9 Å². The van der Waals surface area contributed by atoms with Crippen LogP contribution < -0.4 is 20.6 Å². The third-order valence-electron chi connectivity index (χ3n) is 3.00. The van der Waals surface area contributed by atoms with Gasteiger partial charge in [0.2, 0.25) is 0 Å². The highest BCUT2D eigenvalue weighted by atomic mass is 35.5. The molecule has 0 saturated heterocycles. The SMILES string of the molecule is COc1cc(C=NNC(N)=S)ccc1OCCSc1ccc(Cl)cc1. The van der Waals surface area contributed by atoms with Crippen molar-refractivity contribution < 1.29 is 9.47 Å². The molecule has 0 unspecified atom stereocenters. The summed E-state index contributed by atoms with van der Waals surface area (Å²) in [5, 5.41) is 4.76.